The minimum absolute atomic E-state index is 0.143. The second kappa shape index (κ2) is 8.32. The summed E-state index contributed by atoms with van der Waals surface area (Å²) in [5.74, 6) is 0.547. The molecule has 0 aliphatic heterocycles. The highest BCUT2D eigenvalue weighted by atomic mass is 19.1. The number of amides is 1. The number of aromatic nitrogens is 3. The minimum Gasteiger partial charge on any atom is -0.441 e. The van der Waals surface area contributed by atoms with Gasteiger partial charge in [0, 0.05) is 18.4 Å². The zero-order valence-electron chi connectivity index (χ0n) is 16.7. The Kier molecular flexibility index (Phi) is 5.43. The van der Waals surface area contributed by atoms with E-state index in [-0.39, 0.29) is 18.1 Å². The average molecular weight is 404 g/mol. The number of nitrogens with one attached hydrogen (secondary N) is 1. The molecule has 4 aromatic rings. The molecule has 0 fully saturated rings. The van der Waals surface area contributed by atoms with Gasteiger partial charge in [0.1, 0.15) is 5.82 Å². The van der Waals surface area contributed by atoms with Crippen LogP contribution in [0.2, 0.25) is 0 Å². The Morgan fingerprint density at radius 3 is 2.57 bits per heavy atom. The summed E-state index contributed by atoms with van der Waals surface area (Å²) in [6.07, 6.45) is 2.16. The first-order valence-corrected chi connectivity index (χ1v) is 9.63. The fraction of sp³-hybridized carbons (Fsp3) is 0.174. The fourth-order valence-electron chi connectivity index (χ4n) is 3.24. The molecule has 0 atom stereocenters. The number of rotatable bonds is 6. The molecule has 0 spiro atoms. The van der Waals surface area contributed by atoms with Crippen LogP contribution in [0.5, 0.6) is 0 Å². The molecule has 0 aliphatic carbocycles. The molecule has 1 N–H and O–H groups in total. The molecule has 30 heavy (non-hydrogen) atoms. The van der Waals surface area contributed by atoms with E-state index in [1.54, 1.807) is 18.3 Å². The van der Waals surface area contributed by atoms with Crippen LogP contribution in [0.3, 0.4) is 0 Å². The van der Waals surface area contributed by atoms with Gasteiger partial charge in [0.25, 0.3) is 0 Å². The lowest BCUT2D eigenvalue weighted by atomic mass is 10.2. The van der Waals surface area contributed by atoms with Gasteiger partial charge < -0.3 is 9.73 Å². The molecule has 7 heteroatoms. The van der Waals surface area contributed by atoms with Gasteiger partial charge in [0.15, 0.2) is 11.7 Å². The van der Waals surface area contributed by atoms with Crippen LogP contribution in [-0.4, -0.2) is 20.7 Å². The van der Waals surface area contributed by atoms with Gasteiger partial charge in [-0.1, -0.05) is 18.2 Å². The van der Waals surface area contributed by atoms with Gasteiger partial charge in [-0.05, 0) is 50.2 Å². The number of carbonyl (C=O) groups excluding carboxylic acids is 1. The van der Waals surface area contributed by atoms with E-state index in [9.17, 15) is 9.18 Å². The van der Waals surface area contributed by atoms with Crippen LogP contribution in [0.15, 0.2) is 65.2 Å². The Labute approximate surface area is 173 Å². The average Bonchev–Trinajstić information content (AvgIpc) is 3.34. The maximum Gasteiger partial charge on any atom is 0.224 e. The van der Waals surface area contributed by atoms with Crippen molar-refractivity contribution in [3.63, 3.8) is 0 Å². The number of anilines is 1. The van der Waals surface area contributed by atoms with Crippen LogP contribution >= 0.6 is 0 Å². The van der Waals surface area contributed by atoms with Gasteiger partial charge in [-0.25, -0.2) is 14.1 Å². The van der Waals surface area contributed by atoms with Crippen LogP contribution in [0.4, 0.5) is 10.1 Å². The number of para-hydroxylation sites is 1. The Hall–Kier alpha value is -3.74. The predicted octanol–water partition coefficient (Wildman–Crippen LogP) is 4.85. The zero-order chi connectivity index (χ0) is 21.1. The molecule has 0 aliphatic rings. The number of aryl methyl sites for hydroxylation is 2. The van der Waals surface area contributed by atoms with Crippen molar-refractivity contribution in [2.75, 3.05) is 5.32 Å². The van der Waals surface area contributed by atoms with Crippen LogP contribution in [-0.2, 0) is 11.2 Å². The molecule has 0 saturated carbocycles. The summed E-state index contributed by atoms with van der Waals surface area (Å²) in [6, 6.07) is 15.8. The fourth-order valence-corrected chi connectivity index (χ4v) is 3.24. The predicted molar refractivity (Wildman–Crippen MR) is 112 cm³/mol. The summed E-state index contributed by atoms with van der Waals surface area (Å²) in [6.45, 7) is 3.79. The summed E-state index contributed by atoms with van der Waals surface area (Å²) < 4.78 is 20.6. The quantitative estimate of drug-likeness (QED) is 0.498. The van der Waals surface area contributed by atoms with E-state index in [0.717, 1.165) is 22.6 Å². The second-order valence-electron chi connectivity index (χ2n) is 6.97. The molecule has 152 valence electrons. The molecule has 2 heterocycles. The smallest absolute Gasteiger partial charge is 0.224 e. The molecular formula is C23H21FN4O2. The number of halogens is 1. The summed E-state index contributed by atoms with van der Waals surface area (Å²) in [5.41, 5.74) is 4.00. The molecule has 0 radical (unpaired) electrons. The van der Waals surface area contributed by atoms with Crippen molar-refractivity contribution < 1.29 is 13.6 Å². The van der Waals surface area contributed by atoms with Crippen LogP contribution in [0.1, 0.15) is 23.7 Å². The third-order valence-corrected chi connectivity index (χ3v) is 4.80. The maximum atomic E-state index is 13.1. The van der Waals surface area contributed by atoms with Gasteiger partial charge in [-0.15, -0.1) is 0 Å². The number of hydrogen-bond donors (Lipinski definition) is 1. The first kappa shape index (κ1) is 19.6. The number of benzene rings is 2. The van der Waals surface area contributed by atoms with Crippen molar-refractivity contribution in [1.29, 1.82) is 0 Å². The van der Waals surface area contributed by atoms with Crippen molar-refractivity contribution >= 4 is 11.6 Å². The standard InChI is InChI=1S/C23H21FN4O2/c1-15-23(16(2)28(27-15)19-6-4-3-5-7-19)26-21(29)12-13-22-25-14-20(30-22)17-8-10-18(24)11-9-17/h3-11,14H,12-13H2,1-2H3,(H,26,29). The monoisotopic (exact) mass is 404 g/mol. The Balaban J connectivity index is 1.40. The van der Waals surface area contributed by atoms with Crippen LogP contribution in [0.25, 0.3) is 17.0 Å². The van der Waals surface area contributed by atoms with Gasteiger partial charge in [0.2, 0.25) is 5.91 Å². The highest BCUT2D eigenvalue weighted by Gasteiger charge is 2.16. The minimum atomic E-state index is -0.309. The van der Waals surface area contributed by atoms with Crippen molar-refractivity contribution in [3.8, 4) is 17.0 Å². The van der Waals surface area contributed by atoms with Gasteiger partial charge >= 0.3 is 0 Å². The molecule has 0 unspecified atom stereocenters. The lowest BCUT2D eigenvalue weighted by Gasteiger charge is -2.06. The maximum absolute atomic E-state index is 13.1. The van der Waals surface area contributed by atoms with E-state index in [1.165, 1.54) is 12.1 Å². The lowest BCUT2D eigenvalue weighted by molar-refractivity contribution is -0.116. The largest absolute Gasteiger partial charge is 0.441 e. The Bertz CT molecular complexity index is 1160. The zero-order valence-corrected chi connectivity index (χ0v) is 16.7. The second-order valence-corrected chi connectivity index (χ2v) is 6.97. The van der Waals surface area contributed by atoms with Crippen molar-refractivity contribution in [1.82, 2.24) is 14.8 Å². The summed E-state index contributed by atoms with van der Waals surface area (Å²) in [5, 5.41) is 7.49. The Morgan fingerprint density at radius 1 is 1.10 bits per heavy atom. The summed E-state index contributed by atoms with van der Waals surface area (Å²) >= 11 is 0. The highest BCUT2D eigenvalue weighted by Crippen LogP contribution is 2.24. The molecule has 2 aromatic heterocycles. The number of nitrogens with zero attached hydrogens (tertiary/aromatic N) is 3. The van der Waals surface area contributed by atoms with E-state index in [4.69, 9.17) is 4.42 Å². The number of oxazole rings is 1. The van der Waals surface area contributed by atoms with Crippen molar-refractivity contribution in [2.45, 2.75) is 26.7 Å². The lowest BCUT2D eigenvalue weighted by Crippen LogP contribution is -2.13. The van der Waals surface area contributed by atoms with E-state index in [1.807, 2.05) is 48.9 Å². The molecule has 0 bridgehead atoms. The van der Waals surface area contributed by atoms with Gasteiger partial charge in [-0.3, -0.25) is 4.79 Å². The van der Waals surface area contributed by atoms with E-state index >= 15 is 0 Å². The van der Waals surface area contributed by atoms with Crippen molar-refractivity contribution in [2.24, 2.45) is 0 Å². The Morgan fingerprint density at radius 2 is 1.83 bits per heavy atom. The highest BCUT2D eigenvalue weighted by molar-refractivity contribution is 5.92. The normalized spacial score (nSPS) is 10.9. The summed E-state index contributed by atoms with van der Waals surface area (Å²) in [7, 11) is 0. The van der Waals surface area contributed by atoms with E-state index < -0.39 is 0 Å². The van der Waals surface area contributed by atoms with E-state index in [2.05, 4.69) is 15.4 Å². The third kappa shape index (κ3) is 4.15. The van der Waals surface area contributed by atoms with Crippen LogP contribution < -0.4 is 5.32 Å². The topological polar surface area (TPSA) is 73.0 Å². The molecule has 2 aromatic carbocycles. The van der Waals surface area contributed by atoms with Crippen LogP contribution in [0, 0.1) is 19.7 Å². The molecule has 1 amide bonds. The molecule has 0 saturated heterocycles. The number of carbonyl (C=O) groups is 1. The SMILES string of the molecule is Cc1nn(-c2ccccc2)c(C)c1NC(=O)CCc1ncc(-c2ccc(F)cc2)o1. The first-order chi connectivity index (χ1) is 14.5. The third-order valence-electron chi connectivity index (χ3n) is 4.80. The van der Waals surface area contributed by atoms with Gasteiger partial charge in [-0.2, -0.15) is 5.10 Å². The summed E-state index contributed by atoms with van der Waals surface area (Å²) in [4.78, 5) is 16.7. The molecule has 6 nitrogen and oxygen atoms in total. The van der Waals surface area contributed by atoms with Crippen molar-refractivity contribution in [3.05, 3.63) is 83.9 Å². The van der Waals surface area contributed by atoms with Gasteiger partial charge in [0.05, 0.1) is 29.0 Å². The number of hydrogen-bond acceptors (Lipinski definition) is 4. The molecule has 4 rings (SSSR count). The van der Waals surface area contributed by atoms with E-state index in [0.29, 0.717) is 23.8 Å². The molecular weight excluding hydrogens is 383 g/mol. The first-order valence-electron chi connectivity index (χ1n) is 9.63.